The van der Waals surface area contributed by atoms with E-state index in [0.29, 0.717) is 18.4 Å². The maximum Gasteiger partial charge on any atom is 0.326 e. The molecule has 4 atom stereocenters. The summed E-state index contributed by atoms with van der Waals surface area (Å²) in [5.41, 5.74) is 12.0. The van der Waals surface area contributed by atoms with E-state index >= 15 is 0 Å². The summed E-state index contributed by atoms with van der Waals surface area (Å²) >= 11 is 0. The zero-order valence-electron chi connectivity index (χ0n) is 20.5. The standard InChI is InChI=1S/C24H35N5O7/c1-13(2)10-18(24(35)36)28-22(33)19-4-3-9-29(19)23(34)17(12-20(26)31)27-21(32)16(25)11-14-5-7-15(30)8-6-14/h5-8,13,16-19,30H,3-4,9-12,25H2,1-2H3,(H2,26,31)(H,27,32)(H,28,33)(H,35,36). The Morgan fingerprint density at radius 3 is 2.28 bits per heavy atom. The molecule has 12 nitrogen and oxygen atoms in total. The number of nitrogens with two attached hydrogens (primary N) is 2. The van der Waals surface area contributed by atoms with E-state index in [4.69, 9.17) is 11.5 Å². The zero-order chi connectivity index (χ0) is 27.0. The molecule has 8 N–H and O–H groups in total. The third-order valence-electron chi connectivity index (χ3n) is 5.91. The number of hydrogen-bond donors (Lipinski definition) is 6. The molecule has 0 spiro atoms. The first-order valence-electron chi connectivity index (χ1n) is 11.8. The molecule has 1 aromatic carbocycles. The Morgan fingerprint density at radius 2 is 1.72 bits per heavy atom. The van der Waals surface area contributed by atoms with Gasteiger partial charge < -0.3 is 37.2 Å². The van der Waals surface area contributed by atoms with E-state index < -0.39 is 60.2 Å². The average molecular weight is 506 g/mol. The summed E-state index contributed by atoms with van der Waals surface area (Å²) in [5, 5.41) is 23.8. The van der Waals surface area contributed by atoms with Crippen LogP contribution in [0.25, 0.3) is 0 Å². The number of likely N-dealkylation sites (tertiary alicyclic amines) is 1. The molecule has 0 aliphatic carbocycles. The van der Waals surface area contributed by atoms with Gasteiger partial charge in [-0.15, -0.1) is 0 Å². The van der Waals surface area contributed by atoms with Gasteiger partial charge in [0.15, 0.2) is 0 Å². The van der Waals surface area contributed by atoms with Crippen LogP contribution in [0.4, 0.5) is 0 Å². The van der Waals surface area contributed by atoms with Crippen molar-refractivity contribution in [2.45, 2.75) is 70.1 Å². The first-order chi connectivity index (χ1) is 16.9. The molecule has 1 aliphatic heterocycles. The fraction of sp³-hybridized carbons (Fsp3) is 0.542. The second-order valence-electron chi connectivity index (χ2n) is 9.43. The largest absolute Gasteiger partial charge is 0.508 e. The second kappa shape index (κ2) is 12.9. The van der Waals surface area contributed by atoms with Crippen molar-refractivity contribution in [1.29, 1.82) is 0 Å². The summed E-state index contributed by atoms with van der Waals surface area (Å²) in [7, 11) is 0. The average Bonchev–Trinajstić information content (AvgIpc) is 3.28. The molecule has 2 rings (SSSR count). The smallest absolute Gasteiger partial charge is 0.326 e. The number of carbonyl (C=O) groups is 5. The molecule has 4 amide bonds. The molecular formula is C24H35N5O7. The summed E-state index contributed by atoms with van der Waals surface area (Å²) in [4.78, 5) is 63.3. The number of aromatic hydroxyl groups is 1. The van der Waals surface area contributed by atoms with Crippen LogP contribution < -0.4 is 22.1 Å². The Balaban J connectivity index is 2.11. The lowest BCUT2D eigenvalue weighted by atomic mass is 10.0. The number of carbonyl (C=O) groups excluding carboxylic acids is 4. The summed E-state index contributed by atoms with van der Waals surface area (Å²) in [5.74, 6) is -3.89. The van der Waals surface area contributed by atoms with Gasteiger partial charge in [-0.3, -0.25) is 19.2 Å². The number of nitrogens with zero attached hydrogens (tertiary/aromatic N) is 1. The Bertz CT molecular complexity index is 966. The molecule has 1 saturated heterocycles. The molecule has 198 valence electrons. The van der Waals surface area contributed by atoms with Crippen LogP contribution in [0, 0.1) is 5.92 Å². The molecule has 12 heteroatoms. The summed E-state index contributed by atoms with van der Waals surface area (Å²) in [6, 6.07) is 1.68. The van der Waals surface area contributed by atoms with Gasteiger partial charge in [0, 0.05) is 6.54 Å². The maximum absolute atomic E-state index is 13.3. The molecule has 1 fully saturated rings. The van der Waals surface area contributed by atoms with Crippen LogP contribution in [0.1, 0.15) is 45.1 Å². The van der Waals surface area contributed by atoms with Crippen LogP contribution in [0.5, 0.6) is 5.75 Å². The van der Waals surface area contributed by atoms with Gasteiger partial charge >= 0.3 is 5.97 Å². The summed E-state index contributed by atoms with van der Waals surface area (Å²) in [6.45, 7) is 3.86. The lowest BCUT2D eigenvalue weighted by molar-refractivity contribution is -0.145. The molecule has 1 aromatic rings. The van der Waals surface area contributed by atoms with E-state index in [-0.39, 0.29) is 31.1 Å². The van der Waals surface area contributed by atoms with Crippen LogP contribution >= 0.6 is 0 Å². The lowest BCUT2D eigenvalue weighted by Gasteiger charge is -2.29. The van der Waals surface area contributed by atoms with Crippen molar-refractivity contribution in [3.63, 3.8) is 0 Å². The van der Waals surface area contributed by atoms with Crippen LogP contribution in [-0.2, 0) is 30.4 Å². The first kappa shape index (κ1) is 28.6. The minimum atomic E-state index is -1.33. The van der Waals surface area contributed by atoms with E-state index in [1.807, 2.05) is 13.8 Å². The number of primary amides is 1. The van der Waals surface area contributed by atoms with E-state index in [2.05, 4.69) is 10.6 Å². The number of amides is 4. The third kappa shape index (κ3) is 8.22. The fourth-order valence-electron chi connectivity index (χ4n) is 4.12. The number of hydrogen-bond acceptors (Lipinski definition) is 7. The monoisotopic (exact) mass is 505 g/mol. The number of carboxylic acids is 1. The molecule has 36 heavy (non-hydrogen) atoms. The number of benzene rings is 1. The SMILES string of the molecule is CC(C)CC(NC(=O)C1CCCN1C(=O)C(CC(N)=O)NC(=O)C(N)Cc1ccc(O)cc1)C(=O)O. The highest BCUT2D eigenvalue weighted by Crippen LogP contribution is 2.20. The van der Waals surface area contributed by atoms with E-state index in [1.165, 1.54) is 17.0 Å². The van der Waals surface area contributed by atoms with Crippen molar-refractivity contribution < 1.29 is 34.2 Å². The number of phenolic OH excluding ortho intramolecular Hbond substituents is 1. The third-order valence-corrected chi connectivity index (χ3v) is 5.91. The Morgan fingerprint density at radius 1 is 1.08 bits per heavy atom. The Hall–Kier alpha value is -3.67. The molecule has 0 saturated carbocycles. The van der Waals surface area contributed by atoms with Crippen LogP contribution in [0.15, 0.2) is 24.3 Å². The van der Waals surface area contributed by atoms with Crippen molar-refractivity contribution in [2.24, 2.45) is 17.4 Å². The number of carboxylic acid groups (broad SMARTS) is 1. The number of phenols is 1. The number of nitrogens with one attached hydrogen (secondary N) is 2. The highest BCUT2D eigenvalue weighted by molar-refractivity contribution is 5.96. The summed E-state index contributed by atoms with van der Waals surface area (Å²) in [6.07, 6.45) is 0.644. The van der Waals surface area contributed by atoms with Gasteiger partial charge in [-0.25, -0.2) is 4.79 Å². The number of rotatable bonds is 12. The minimum absolute atomic E-state index is 0.0219. The molecule has 4 unspecified atom stereocenters. The molecule has 0 aromatic heterocycles. The highest BCUT2D eigenvalue weighted by atomic mass is 16.4. The van der Waals surface area contributed by atoms with Crippen molar-refractivity contribution in [3.05, 3.63) is 29.8 Å². The van der Waals surface area contributed by atoms with E-state index in [0.717, 1.165) is 0 Å². The topological polar surface area (TPSA) is 205 Å². The molecule has 0 radical (unpaired) electrons. The second-order valence-corrected chi connectivity index (χ2v) is 9.43. The Labute approximate surface area is 209 Å². The predicted molar refractivity (Wildman–Crippen MR) is 129 cm³/mol. The zero-order valence-corrected chi connectivity index (χ0v) is 20.5. The normalized spacial score (nSPS) is 17.8. The van der Waals surface area contributed by atoms with Gasteiger partial charge in [-0.05, 0) is 49.3 Å². The molecule has 1 aliphatic rings. The summed E-state index contributed by atoms with van der Waals surface area (Å²) < 4.78 is 0. The van der Waals surface area contributed by atoms with E-state index in [9.17, 15) is 34.2 Å². The van der Waals surface area contributed by atoms with Gasteiger partial charge in [0.25, 0.3) is 0 Å². The van der Waals surface area contributed by atoms with Gasteiger partial charge in [-0.2, -0.15) is 0 Å². The van der Waals surface area contributed by atoms with Crippen molar-refractivity contribution in [2.75, 3.05) is 6.54 Å². The predicted octanol–water partition coefficient (Wildman–Crippen LogP) is -0.771. The van der Waals surface area contributed by atoms with Gasteiger partial charge in [0.1, 0.15) is 23.9 Å². The van der Waals surface area contributed by atoms with Crippen molar-refractivity contribution in [3.8, 4) is 5.75 Å². The van der Waals surface area contributed by atoms with Crippen molar-refractivity contribution in [1.82, 2.24) is 15.5 Å². The van der Waals surface area contributed by atoms with Crippen LogP contribution in [-0.4, -0.2) is 75.4 Å². The van der Waals surface area contributed by atoms with Gasteiger partial charge in [0.2, 0.25) is 23.6 Å². The highest BCUT2D eigenvalue weighted by Gasteiger charge is 2.39. The fourth-order valence-corrected chi connectivity index (χ4v) is 4.12. The van der Waals surface area contributed by atoms with E-state index in [1.54, 1.807) is 12.1 Å². The van der Waals surface area contributed by atoms with Gasteiger partial charge in [-0.1, -0.05) is 26.0 Å². The van der Waals surface area contributed by atoms with Crippen molar-refractivity contribution >= 4 is 29.6 Å². The lowest BCUT2D eigenvalue weighted by Crippen LogP contribution is -2.57. The molecule has 1 heterocycles. The Kier molecular flexibility index (Phi) is 10.2. The minimum Gasteiger partial charge on any atom is -0.508 e. The molecular weight excluding hydrogens is 470 g/mol. The molecule has 0 bridgehead atoms. The maximum atomic E-state index is 13.3. The quantitative estimate of drug-likeness (QED) is 0.212. The number of aliphatic carboxylic acids is 1. The van der Waals surface area contributed by atoms with Gasteiger partial charge in [0.05, 0.1) is 12.5 Å². The van der Waals surface area contributed by atoms with Crippen LogP contribution in [0.3, 0.4) is 0 Å². The first-order valence-corrected chi connectivity index (χ1v) is 11.8. The van der Waals surface area contributed by atoms with Crippen LogP contribution in [0.2, 0.25) is 0 Å².